The molecular weight excluding hydrogens is 216 g/mol. The first-order valence-electron chi connectivity index (χ1n) is 5.58. The lowest BCUT2D eigenvalue weighted by atomic mass is 10.1. The van der Waals surface area contributed by atoms with Gasteiger partial charge in [0, 0.05) is 19.3 Å². The van der Waals surface area contributed by atoms with E-state index in [0.29, 0.717) is 18.8 Å². The van der Waals surface area contributed by atoms with Crippen LogP contribution < -0.4 is 4.90 Å². The molecule has 0 N–H and O–H groups in total. The zero-order chi connectivity index (χ0) is 12.3. The van der Waals surface area contributed by atoms with Crippen LogP contribution in [0.15, 0.2) is 24.3 Å². The summed E-state index contributed by atoms with van der Waals surface area (Å²) in [7, 11) is 1.75. The Kier molecular flexibility index (Phi) is 3.40. The number of benzene rings is 1. The van der Waals surface area contributed by atoms with Crippen molar-refractivity contribution in [1.29, 1.82) is 5.26 Å². The third-order valence-electron chi connectivity index (χ3n) is 2.99. The Balaban J connectivity index is 2.10. The van der Waals surface area contributed by atoms with E-state index < -0.39 is 0 Å². The summed E-state index contributed by atoms with van der Waals surface area (Å²) in [6, 6.07) is 9.05. The lowest BCUT2D eigenvalue weighted by Gasteiger charge is -2.20. The lowest BCUT2D eigenvalue weighted by Crippen LogP contribution is -2.33. The summed E-state index contributed by atoms with van der Waals surface area (Å²) in [5.41, 5.74) is 1.40. The minimum Gasteiger partial charge on any atom is -0.381 e. The average molecular weight is 230 g/mol. The smallest absolute Gasteiger partial charge is 0.232 e. The highest BCUT2D eigenvalue weighted by Gasteiger charge is 2.26. The van der Waals surface area contributed by atoms with Crippen molar-refractivity contribution in [3.63, 3.8) is 0 Å². The van der Waals surface area contributed by atoms with Crippen molar-refractivity contribution in [2.75, 3.05) is 25.2 Å². The van der Waals surface area contributed by atoms with E-state index in [-0.39, 0.29) is 11.8 Å². The van der Waals surface area contributed by atoms with Crippen molar-refractivity contribution in [2.24, 2.45) is 5.92 Å². The number of carbonyl (C=O) groups excluding carboxylic acids is 1. The van der Waals surface area contributed by atoms with Gasteiger partial charge in [-0.3, -0.25) is 4.79 Å². The predicted octanol–water partition coefficient (Wildman–Crippen LogP) is 1.56. The molecule has 1 fully saturated rings. The number of anilines is 1. The van der Waals surface area contributed by atoms with E-state index in [1.807, 2.05) is 0 Å². The van der Waals surface area contributed by atoms with Crippen LogP contribution in [0, 0.1) is 17.2 Å². The molecule has 0 spiro atoms. The minimum atomic E-state index is -0.0318. The molecule has 1 aliphatic rings. The molecule has 17 heavy (non-hydrogen) atoms. The Labute approximate surface area is 100 Å². The van der Waals surface area contributed by atoms with E-state index in [1.54, 1.807) is 36.2 Å². The molecule has 1 heterocycles. The van der Waals surface area contributed by atoms with Gasteiger partial charge in [-0.1, -0.05) is 0 Å². The van der Waals surface area contributed by atoms with E-state index in [2.05, 4.69) is 6.07 Å². The molecule has 88 valence electrons. The number of hydrogen-bond donors (Lipinski definition) is 0. The second-order valence-electron chi connectivity index (χ2n) is 4.12. The van der Waals surface area contributed by atoms with Crippen molar-refractivity contribution in [2.45, 2.75) is 6.42 Å². The van der Waals surface area contributed by atoms with E-state index in [1.165, 1.54) is 0 Å². The number of nitriles is 1. The van der Waals surface area contributed by atoms with Crippen LogP contribution in [-0.4, -0.2) is 26.2 Å². The Hall–Kier alpha value is -1.86. The zero-order valence-electron chi connectivity index (χ0n) is 9.72. The van der Waals surface area contributed by atoms with Crippen LogP contribution in [0.25, 0.3) is 0 Å². The molecule has 1 saturated heterocycles. The van der Waals surface area contributed by atoms with Gasteiger partial charge in [0.15, 0.2) is 0 Å². The summed E-state index contributed by atoms with van der Waals surface area (Å²) in [5, 5.41) is 8.70. The van der Waals surface area contributed by atoms with Crippen molar-refractivity contribution in [1.82, 2.24) is 0 Å². The van der Waals surface area contributed by atoms with Gasteiger partial charge in [0.1, 0.15) is 0 Å². The highest BCUT2D eigenvalue weighted by Crippen LogP contribution is 2.20. The molecule has 4 nitrogen and oxygen atoms in total. The summed E-state index contributed by atoms with van der Waals surface area (Å²) in [6.45, 7) is 1.18. The molecule has 1 amide bonds. The summed E-state index contributed by atoms with van der Waals surface area (Å²) in [4.78, 5) is 13.7. The average Bonchev–Trinajstić information content (AvgIpc) is 2.91. The Bertz CT molecular complexity index is 441. The molecule has 1 atom stereocenters. The second-order valence-corrected chi connectivity index (χ2v) is 4.12. The molecule has 1 unspecified atom stereocenters. The Morgan fingerprint density at radius 1 is 1.47 bits per heavy atom. The standard InChI is InChI=1S/C13H14N2O2/c1-15(13(16)11-6-7-17-9-11)12-4-2-10(8-14)3-5-12/h2-5,11H,6-7,9H2,1H3. The fourth-order valence-electron chi connectivity index (χ4n) is 1.89. The van der Waals surface area contributed by atoms with Gasteiger partial charge in [-0.25, -0.2) is 0 Å². The number of ether oxygens (including phenoxy) is 1. The minimum absolute atomic E-state index is 0.0318. The van der Waals surface area contributed by atoms with Crippen LogP contribution in [0.3, 0.4) is 0 Å². The molecule has 0 aromatic heterocycles. The van der Waals surface area contributed by atoms with Crippen molar-refractivity contribution in [3.05, 3.63) is 29.8 Å². The molecule has 0 radical (unpaired) electrons. The number of amides is 1. The van der Waals surface area contributed by atoms with Crippen molar-refractivity contribution in [3.8, 4) is 6.07 Å². The first kappa shape index (κ1) is 11.6. The quantitative estimate of drug-likeness (QED) is 0.774. The van der Waals surface area contributed by atoms with E-state index >= 15 is 0 Å². The van der Waals surface area contributed by atoms with Crippen LogP contribution in [0.1, 0.15) is 12.0 Å². The molecular formula is C13H14N2O2. The van der Waals surface area contributed by atoms with Crippen LogP contribution in [0.5, 0.6) is 0 Å². The zero-order valence-corrected chi connectivity index (χ0v) is 9.72. The molecule has 1 aliphatic heterocycles. The first-order chi connectivity index (χ1) is 8.22. The monoisotopic (exact) mass is 230 g/mol. The highest BCUT2D eigenvalue weighted by atomic mass is 16.5. The summed E-state index contributed by atoms with van der Waals surface area (Å²) in [6.07, 6.45) is 0.791. The largest absolute Gasteiger partial charge is 0.381 e. The van der Waals surface area contributed by atoms with Crippen LogP contribution in [0.4, 0.5) is 5.69 Å². The third kappa shape index (κ3) is 2.45. The van der Waals surface area contributed by atoms with Gasteiger partial charge in [-0.05, 0) is 30.7 Å². The number of hydrogen-bond acceptors (Lipinski definition) is 3. The fourth-order valence-corrected chi connectivity index (χ4v) is 1.89. The van der Waals surface area contributed by atoms with E-state index in [4.69, 9.17) is 10.00 Å². The van der Waals surface area contributed by atoms with Gasteiger partial charge in [0.25, 0.3) is 0 Å². The molecule has 1 aromatic carbocycles. The maximum atomic E-state index is 12.1. The fraction of sp³-hybridized carbons (Fsp3) is 0.385. The molecule has 2 rings (SSSR count). The van der Waals surface area contributed by atoms with E-state index in [0.717, 1.165) is 12.1 Å². The summed E-state index contributed by atoms with van der Waals surface area (Å²) < 4.78 is 5.21. The normalized spacial score (nSPS) is 18.7. The van der Waals surface area contributed by atoms with E-state index in [9.17, 15) is 4.79 Å². The summed E-state index contributed by atoms with van der Waals surface area (Å²) >= 11 is 0. The van der Waals surface area contributed by atoms with Crippen molar-refractivity contribution >= 4 is 11.6 Å². The third-order valence-corrected chi connectivity index (χ3v) is 2.99. The van der Waals surface area contributed by atoms with Crippen LogP contribution in [0.2, 0.25) is 0 Å². The maximum absolute atomic E-state index is 12.1. The van der Waals surface area contributed by atoms with Gasteiger partial charge in [-0.2, -0.15) is 5.26 Å². The van der Waals surface area contributed by atoms with Crippen molar-refractivity contribution < 1.29 is 9.53 Å². The molecule has 0 saturated carbocycles. The van der Waals surface area contributed by atoms with Gasteiger partial charge in [0.2, 0.25) is 5.91 Å². The SMILES string of the molecule is CN(C(=O)C1CCOC1)c1ccc(C#N)cc1. The van der Waals surface area contributed by atoms with Gasteiger partial charge in [-0.15, -0.1) is 0 Å². The number of nitrogens with zero attached hydrogens (tertiary/aromatic N) is 2. The number of carbonyl (C=O) groups is 1. The maximum Gasteiger partial charge on any atom is 0.232 e. The molecule has 0 bridgehead atoms. The second kappa shape index (κ2) is 4.98. The Morgan fingerprint density at radius 3 is 2.71 bits per heavy atom. The predicted molar refractivity (Wildman–Crippen MR) is 63.5 cm³/mol. The lowest BCUT2D eigenvalue weighted by molar-refractivity contribution is -0.122. The summed E-state index contributed by atoms with van der Waals surface area (Å²) in [5.74, 6) is 0.0443. The molecule has 1 aromatic rings. The topological polar surface area (TPSA) is 53.3 Å². The molecule has 0 aliphatic carbocycles. The van der Waals surface area contributed by atoms with Crippen LogP contribution >= 0.6 is 0 Å². The Morgan fingerprint density at radius 2 is 2.18 bits per heavy atom. The van der Waals surface area contributed by atoms with Crippen LogP contribution in [-0.2, 0) is 9.53 Å². The number of rotatable bonds is 2. The molecule has 4 heteroatoms. The van der Waals surface area contributed by atoms with Gasteiger partial charge < -0.3 is 9.64 Å². The highest BCUT2D eigenvalue weighted by molar-refractivity contribution is 5.94. The van der Waals surface area contributed by atoms with Gasteiger partial charge >= 0.3 is 0 Å². The first-order valence-corrected chi connectivity index (χ1v) is 5.58. The van der Waals surface area contributed by atoms with Gasteiger partial charge in [0.05, 0.1) is 24.2 Å².